The van der Waals surface area contributed by atoms with Crippen LogP contribution >= 0.6 is 0 Å². The summed E-state index contributed by atoms with van der Waals surface area (Å²) in [5, 5.41) is 10.8. The van der Waals surface area contributed by atoms with Gasteiger partial charge in [-0.25, -0.2) is 0 Å². The van der Waals surface area contributed by atoms with Crippen LogP contribution in [0.25, 0.3) is 6.08 Å². The summed E-state index contributed by atoms with van der Waals surface area (Å²) >= 11 is 0. The minimum absolute atomic E-state index is 0.100. The van der Waals surface area contributed by atoms with Gasteiger partial charge in [-0.15, -0.1) is 0 Å². The largest absolute Gasteiger partial charge is 0.349 e. The summed E-state index contributed by atoms with van der Waals surface area (Å²) in [4.78, 5) is 12.8. The standard InChI is InChI=1S/C21H22N2O3/c1-15-4-9-19-18(14-15)20(2,3)21(22(19)12-13-26-21)11-10-16-5-7-17(8-6-16)23(24)25/h4-11,14H,12-13H2,1-3H3. The second kappa shape index (κ2) is 5.68. The lowest BCUT2D eigenvalue weighted by atomic mass is 9.77. The summed E-state index contributed by atoms with van der Waals surface area (Å²) in [6, 6.07) is 13.2. The number of nitrogens with zero attached hydrogens (tertiary/aromatic N) is 2. The van der Waals surface area contributed by atoms with E-state index in [2.05, 4.69) is 49.9 Å². The smallest absolute Gasteiger partial charge is 0.269 e. The molecule has 1 unspecified atom stereocenters. The molecule has 5 heteroatoms. The van der Waals surface area contributed by atoms with Crippen LogP contribution in [0.4, 0.5) is 11.4 Å². The Morgan fingerprint density at radius 2 is 1.92 bits per heavy atom. The van der Waals surface area contributed by atoms with Crippen LogP contribution in [0.1, 0.15) is 30.5 Å². The van der Waals surface area contributed by atoms with Crippen LogP contribution in [0, 0.1) is 17.0 Å². The Kier molecular flexibility index (Phi) is 3.66. The number of hydrogen-bond acceptors (Lipinski definition) is 4. The minimum atomic E-state index is -0.537. The van der Waals surface area contributed by atoms with Crippen molar-refractivity contribution in [2.75, 3.05) is 18.1 Å². The van der Waals surface area contributed by atoms with Crippen molar-refractivity contribution in [1.82, 2.24) is 0 Å². The van der Waals surface area contributed by atoms with E-state index in [9.17, 15) is 10.1 Å². The SMILES string of the molecule is Cc1ccc2c(c1)C(C)(C)C1(C=Cc3ccc([N+](=O)[O-])cc3)OCCN21. The Morgan fingerprint density at radius 1 is 1.19 bits per heavy atom. The third-order valence-electron chi connectivity index (χ3n) is 5.66. The lowest BCUT2D eigenvalue weighted by molar-refractivity contribution is -0.384. The van der Waals surface area contributed by atoms with Gasteiger partial charge < -0.3 is 9.64 Å². The zero-order chi connectivity index (χ0) is 18.5. The Bertz CT molecular complexity index is 902. The predicted molar refractivity (Wildman–Crippen MR) is 102 cm³/mol. The molecule has 0 aromatic heterocycles. The maximum absolute atomic E-state index is 10.8. The molecule has 134 valence electrons. The van der Waals surface area contributed by atoms with E-state index in [4.69, 9.17) is 4.74 Å². The maximum atomic E-state index is 10.8. The lowest BCUT2D eigenvalue weighted by Crippen LogP contribution is -2.51. The van der Waals surface area contributed by atoms with Crippen molar-refractivity contribution in [1.29, 1.82) is 0 Å². The van der Waals surface area contributed by atoms with E-state index in [0.29, 0.717) is 6.61 Å². The Balaban J connectivity index is 1.74. The molecule has 5 nitrogen and oxygen atoms in total. The summed E-state index contributed by atoms with van der Waals surface area (Å²) in [6.07, 6.45) is 4.11. The number of benzene rings is 2. The van der Waals surface area contributed by atoms with Gasteiger partial charge in [0.2, 0.25) is 0 Å². The molecule has 1 atom stereocenters. The van der Waals surface area contributed by atoms with Crippen LogP contribution in [0.5, 0.6) is 0 Å². The van der Waals surface area contributed by atoms with Gasteiger partial charge >= 0.3 is 0 Å². The van der Waals surface area contributed by atoms with Crippen molar-refractivity contribution >= 4 is 17.5 Å². The molecule has 2 heterocycles. The molecular formula is C21H22N2O3. The molecule has 2 aliphatic heterocycles. The number of anilines is 1. The minimum Gasteiger partial charge on any atom is -0.349 e. The average molecular weight is 350 g/mol. The van der Waals surface area contributed by atoms with E-state index < -0.39 is 5.72 Å². The molecule has 0 radical (unpaired) electrons. The fourth-order valence-electron chi connectivity index (χ4n) is 4.20. The van der Waals surface area contributed by atoms with Crippen LogP contribution in [0.15, 0.2) is 48.5 Å². The molecule has 0 spiro atoms. The highest BCUT2D eigenvalue weighted by molar-refractivity contribution is 5.70. The second-order valence-corrected chi connectivity index (χ2v) is 7.52. The van der Waals surface area contributed by atoms with Crippen molar-refractivity contribution in [2.45, 2.75) is 31.9 Å². The first-order valence-corrected chi connectivity index (χ1v) is 8.82. The van der Waals surface area contributed by atoms with Gasteiger partial charge in [-0.1, -0.05) is 37.6 Å². The molecule has 1 saturated heterocycles. The molecule has 2 aromatic carbocycles. The van der Waals surface area contributed by atoms with Crippen molar-refractivity contribution in [3.8, 4) is 0 Å². The first kappa shape index (κ1) is 16.8. The summed E-state index contributed by atoms with van der Waals surface area (Å²) in [6.45, 7) is 8.08. The topological polar surface area (TPSA) is 55.6 Å². The highest BCUT2D eigenvalue weighted by Gasteiger charge is 2.59. The number of non-ortho nitro benzene ring substituents is 1. The highest BCUT2D eigenvalue weighted by atomic mass is 16.6. The monoisotopic (exact) mass is 350 g/mol. The van der Waals surface area contributed by atoms with Crippen LogP contribution in [0.2, 0.25) is 0 Å². The van der Waals surface area contributed by atoms with Gasteiger partial charge in [0.25, 0.3) is 5.69 Å². The molecule has 2 aromatic rings. The van der Waals surface area contributed by atoms with Gasteiger partial charge in [0.1, 0.15) is 0 Å². The van der Waals surface area contributed by atoms with Crippen LogP contribution < -0.4 is 4.90 Å². The molecule has 26 heavy (non-hydrogen) atoms. The summed E-state index contributed by atoms with van der Waals surface area (Å²) in [5.41, 5.74) is 4.04. The number of hydrogen-bond donors (Lipinski definition) is 0. The highest BCUT2D eigenvalue weighted by Crippen LogP contribution is 2.55. The molecule has 2 aliphatic rings. The van der Waals surface area contributed by atoms with E-state index in [0.717, 1.165) is 12.1 Å². The van der Waals surface area contributed by atoms with Crippen LogP contribution in [-0.2, 0) is 10.2 Å². The van der Waals surface area contributed by atoms with Gasteiger partial charge in [0, 0.05) is 29.8 Å². The van der Waals surface area contributed by atoms with E-state index >= 15 is 0 Å². The van der Waals surface area contributed by atoms with E-state index in [1.54, 1.807) is 12.1 Å². The zero-order valence-electron chi connectivity index (χ0n) is 15.2. The molecule has 0 bridgehead atoms. The molecular weight excluding hydrogens is 328 g/mol. The van der Waals surface area contributed by atoms with Crippen LogP contribution in [0.3, 0.4) is 0 Å². The van der Waals surface area contributed by atoms with Crippen molar-refractivity contribution in [2.24, 2.45) is 0 Å². The Labute approximate surface area is 153 Å². The fourth-order valence-corrected chi connectivity index (χ4v) is 4.20. The van der Waals surface area contributed by atoms with Gasteiger partial charge in [0.05, 0.1) is 11.5 Å². The number of nitro benzene ring substituents is 1. The quantitative estimate of drug-likeness (QED) is 0.606. The number of ether oxygens (including phenoxy) is 1. The summed E-state index contributed by atoms with van der Waals surface area (Å²) in [7, 11) is 0. The number of aryl methyl sites for hydroxylation is 1. The molecule has 4 rings (SSSR count). The molecule has 1 fully saturated rings. The third kappa shape index (κ3) is 2.27. The normalized spacial score (nSPS) is 23.3. The van der Waals surface area contributed by atoms with E-state index in [1.165, 1.54) is 28.9 Å². The van der Waals surface area contributed by atoms with Gasteiger partial charge in [-0.05, 0) is 42.3 Å². The third-order valence-corrected chi connectivity index (χ3v) is 5.66. The van der Waals surface area contributed by atoms with Gasteiger partial charge in [-0.2, -0.15) is 0 Å². The number of rotatable bonds is 3. The fraction of sp³-hybridized carbons (Fsp3) is 0.333. The first-order chi connectivity index (χ1) is 12.3. The number of nitro groups is 1. The van der Waals surface area contributed by atoms with Gasteiger partial charge in [-0.3, -0.25) is 10.1 Å². The van der Waals surface area contributed by atoms with E-state index in [1.807, 2.05) is 6.08 Å². The van der Waals surface area contributed by atoms with E-state index in [-0.39, 0.29) is 16.0 Å². The Hall–Kier alpha value is -2.66. The molecule has 0 amide bonds. The number of fused-ring (bicyclic) bond motifs is 3. The predicted octanol–water partition coefficient (Wildman–Crippen LogP) is 4.44. The average Bonchev–Trinajstić information content (AvgIpc) is 3.11. The van der Waals surface area contributed by atoms with Gasteiger partial charge in [0.15, 0.2) is 5.72 Å². The van der Waals surface area contributed by atoms with Crippen molar-refractivity contribution in [3.05, 3.63) is 75.3 Å². The Morgan fingerprint density at radius 3 is 2.62 bits per heavy atom. The van der Waals surface area contributed by atoms with Crippen molar-refractivity contribution in [3.63, 3.8) is 0 Å². The maximum Gasteiger partial charge on any atom is 0.269 e. The van der Waals surface area contributed by atoms with Crippen molar-refractivity contribution < 1.29 is 9.66 Å². The first-order valence-electron chi connectivity index (χ1n) is 8.82. The summed E-state index contributed by atoms with van der Waals surface area (Å²) in [5.74, 6) is 0. The molecule has 0 N–H and O–H groups in total. The summed E-state index contributed by atoms with van der Waals surface area (Å²) < 4.78 is 6.32. The molecule has 0 saturated carbocycles. The van der Waals surface area contributed by atoms with Crippen LogP contribution in [-0.4, -0.2) is 23.8 Å². The lowest BCUT2D eigenvalue weighted by Gasteiger charge is -2.39. The second-order valence-electron chi connectivity index (χ2n) is 7.52. The zero-order valence-corrected chi connectivity index (χ0v) is 15.2. The molecule has 0 aliphatic carbocycles.